The number of hydrogen-bond donors (Lipinski definition) is 2. The molecule has 1 amide bonds. The summed E-state index contributed by atoms with van der Waals surface area (Å²) in [6.07, 6.45) is -0.629. The summed E-state index contributed by atoms with van der Waals surface area (Å²) < 4.78 is 9.98. The molecule has 2 N–H and O–H groups in total. The number of hydrogen-bond acceptors (Lipinski definition) is 4. The molecule has 1 rings (SSSR count). The molecule has 0 saturated heterocycles. The molecule has 0 fully saturated rings. The number of alkyl carbamates (subject to hydrolysis) is 1. The molecule has 0 aliphatic heterocycles. The van der Waals surface area contributed by atoms with E-state index in [0.717, 1.165) is 0 Å². The van der Waals surface area contributed by atoms with E-state index in [1.807, 2.05) is 13.8 Å². The first kappa shape index (κ1) is 17.8. The molecule has 0 saturated carbocycles. The van der Waals surface area contributed by atoms with Crippen molar-refractivity contribution in [3.63, 3.8) is 0 Å². The van der Waals surface area contributed by atoms with Gasteiger partial charge < -0.3 is 19.9 Å². The molecule has 6 nitrogen and oxygen atoms in total. The van der Waals surface area contributed by atoms with Crippen molar-refractivity contribution in [1.82, 2.24) is 5.32 Å². The van der Waals surface area contributed by atoms with Crippen molar-refractivity contribution in [3.8, 4) is 5.75 Å². The van der Waals surface area contributed by atoms with Gasteiger partial charge in [-0.05, 0) is 30.5 Å². The van der Waals surface area contributed by atoms with Crippen LogP contribution in [0, 0.1) is 11.8 Å². The Balaban J connectivity index is 3.12. The fraction of sp³-hybridized carbons (Fsp3) is 0.500. The van der Waals surface area contributed by atoms with Crippen LogP contribution >= 0.6 is 0 Å². The fourth-order valence-electron chi connectivity index (χ4n) is 2.30. The summed E-state index contributed by atoms with van der Waals surface area (Å²) in [5, 5.41) is 12.2. The molecular formula is C16H23NO5. The van der Waals surface area contributed by atoms with Gasteiger partial charge in [-0.15, -0.1) is 0 Å². The number of carbonyl (C=O) groups is 2. The largest absolute Gasteiger partial charge is 0.497 e. The summed E-state index contributed by atoms with van der Waals surface area (Å²) in [5.41, 5.74) is 0.690. The van der Waals surface area contributed by atoms with Crippen LogP contribution in [0.15, 0.2) is 24.3 Å². The zero-order valence-electron chi connectivity index (χ0n) is 13.3. The van der Waals surface area contributed by atoms with E-state index in [-0.39, 0.29) is 12.5 Å². The van der Waals surface area contributed by atoms with Gasteiger partial charge in [0.1, 0.15) is 5.75 Å². The smallest absolute Gasteiger partial charge is 0.407 e. The summed E-state index contributed by atoms with van der Waals surface area (Å²) in [7, 11) is 1.55. The summed E-state index contributed by atoms with van der Waals surface area (Å²) in [6, 6.07) is 6.27. The Bertz CT molecular complexity index is 498. The highest BCUT2D eigenvalue weighted by Crippen LogP contribution is 2.29. The summed E-state index contributed by atoms with van der Waals surface area (Å²) in [4.78, 5) is 23.3. The van der Waals surface area contributed by atoms with Crippen LogP contribution in [0.5, 0.6) is 5.75 Å². The van der Waals surface area contributed by atoms with Crippen LogP contribution in [-0.4, -0.2) is 30.9 Å². The monoisotopic (exact) mass is 309 g/mol. The van der Waals surface area contributed by atoms with Crippen molar-refractivity contribution in [2.45, 2.75) is 26.8 Å². The van der Waals surface area contributed by atoms with Gasteiger partial charge in [-0.25, -0.2) is 4.79 Å². The van der Waals surface area contributed by atoms with Crippen LogP contribution in [0.3, 0.4) is 0 Å². The number of amides is 1. The van der Waals surface area contributed by atoms with Crippen LogP contribution in [0.2, 0.25) is 0 Å². The van der Waals surface area contributed by atoms with E-state index in [0.29, 0.717) is 11.3 Å². The van der Waals surface area contributed by atoms with Gasteiger partial charge in [0.15, 0.2) is 0 Å². The molecule has 0 aliphatic carbocycles. The van der Waals surface area contributed by atoms with Gasteiger partial charge in [-0.1, -0.05) is 26.0 Å². The van der Waals surface area contributed by atoms with E-state index in [1.165, 1.54) is 0 Å². The number of carbonyl (C=O) groups excluding carboxylic acids is 1. The second kappa shape index (κ2) is 8.26. The first-order valence-electron chi connectivity index (χ1n) is 7.20. The number of methoxy groups -OCH3 is 1. The summed E-state index contributed by atoms with van der Waals surface area (Å²) in [5.74, 6) is -1.23. The molecule has 1 aromatic rings. The average molecular weight is 309 g/mol. The number of carboxylic acid groups (broad SMARTS) is 1. The Hall–Kier alpha value is -2.24. The minimum Gasteiger partial charge on any atom is -0.497 e. The van der Waals surface area contributed by atoms with Crippen molar-refractivity contribution in [3.05, 3.63) is 29.8 Å². The fourth-order valence-corrected chi connectivity index (χ4v) is 2.30. The van der Waals surface area contributed by atoms with Gasteiger partial charge in [0.05, 0.1) is 25.7 Å². The topological polar surface area (TPSA) is 84.9 Å². The van der Waals surface area contributed by atoms with Gasteiger partial charge in [0.2, 0.25) is 0 Å². The number of carboxylic acids is 1. The van der Waals surface area contributed by atoms with Gasteiger partial charge in [-0.3, -0.25) is 4.79 Å². The van der Waals surface area contributed by atoms with Crippen LogP contribution in [-0.2, 0) is 9.53 Å². The van der Waals surface area contributed by atoms with Crippen LogP contribution in [0.25, 0.3) is 0 Å². The van der Waals surface area contributed by atoms with Crippen molar-refractivity contribution in [2.24, 2.45) is 11.8 Å². The van der Waals surface area contributed by atoms with Crippen molar-refractivity contribution >= 4 is 12.1 Å². The molecule has 2 atom stereocenters. The number of benzene rings is 1. The Morgan fingerprint density at radius 2 is 1.82 bits per heavy atom. The Labute approximate surface area is 130 Å². The average Bonchev–Trinajstić information content (AvgIpc) is 2.46. The molecule has 0 bridgehead atoms. The summed E-state index contributed by atoms with van der Waals surface area (Å²) >= 11 is 0. The second-order valence-corrected chi connectivity index (χ2v) is 5.22. The molecule has 122 valence electrons. The molecule has 0 spiro atoms. The normalized spacial score (nSPS) is 13.3. The first-order valence-corrected chi connectivity index (χ1v) is 7.20. The molecule has 22 heavy (non-hydrogen) atoms. The highest BCUT2D eigenvalue weighted by molar-refractivity contribution is 5.74. The Morgan fingerprint density at radius 1 is 1.23 bits per heavy atom. The molecule has 6 heteroatoms. The van der Waals surface area contributed by atoms with E-state index in [9.17, 15) is 14.7 Å². The van der Waals surface area contributed by atoms with Gasteiger partial charge >= 0.3 is 12.1 Å². The van der Waals surface area contributed by atoms with Gasteiger partial charge in [0.25, 0.3) is 0 Å². The molecule has 0 unspecified atom stereocenters. The lowest BCUT2D eigenvalue weighted by atomic mass is 9.84. The lowest BCUT2D eigenvalue weighted by Gasteiger charge is -2.28. The maximum atomic E-state index is 11.7. The van der Waals surface area contributed by atoms with Gasteiger partial charge in [0, 0.05) is 0 Å². The number of rotatable bonds is 7. The third-order valence-corrected chi connectivity index (χ3v) is 3.39. The third-order valence-electron chi connectivity index (χ3n) is 3.39. The van der Waals surface area contributed by atoms with E-state index in [1.54, 1.807) is 38.3 Å². The lowest BCUT2D eigenvalue weighted by Crippen LogP contribution is -2.39. The van der Waals surface area contributed by atoms with Crippen LogP contribution < -0.4 is 10.1 Å². The zero-order chi connectivity index (χ0) is 16.7. The third kappa shape index (κ3) is 4.65. The molecule has 0 aliphatic rings. The minimum atomic E-state index is -0.965. The predicted octanol–water partition coefficient (Wildman–Crippen LogP) is 2.84. The molecule has 0 aromatic heterocycles. The van der Waals surface area contributed by atoms with E-state index in [4.69, 9.17) is 9.47 Å². The Morgan fingerprint density at radius 3 is 2.23 bits per heavy atom. The van der Waals surface area contributed by atoms with E-state index in [2.05, 4.69) is 5.32 Å². The zero-order valence-corrected chi connectivity index (χ0v) is 13.3. The van der Waals surface area contributed by atoms with Crippen molar-refractivity contribution in [1.29, 1.82) is 0 Å². The first-order chi connectivity index (χ1) is 10.4. The molecule has 0 radical (unpaired) electrons. The van der Waals surface area contributed by atoms with Crippen LogP contribution in [0.1, 0.15) is 32.4 Å². The number of aliphatic carboxylic acids is 1. The second-order valence-electron chi connectivity index (χ2n) is 5.22. The minimum absolute atomic E-state index is 0.161. The number of ether oxygens (including phenoxy) is 2. The van der Waals surface area contributed by atoms with Gasteiger partial charge in [-0.2, -0.15) is 0 Å². The maximum absolute atomic E-state index is 11.7. The van der Waals surface area contributed by atoms with Crippen molar-refractivity contribution < 1.29 is 24.2 Å². The van der Waals surface area contributed by atoms with Crippen LogP contribution in [0.4, 0.5) is 4.79 Å². The predicted molar refractivity (Wildman–Crippen MR) is 81.9 cm³/mol. The molecule has 0 heterocycles. The quantitative estimate of drug-likeness (QED) is 0.809. The SMILES string of the molecule is CCOC(=O)N[C@@H](c1ccc(OC)cc1)[C@H](C(=O)O)C(C)C. The molecular weight excluding hydrogens is 286 g/mol. The maximum Gasteiger partial charge on any atom is 0.407 e. The Kier molecular flexibility index (Phi) is 6.69. The highest BCUT2D eigenvalue weighted by Gasteiger charge is 2.33. The molecule has 1 aromatic carbocycles. The van der Waals surface area contributed by atoms with Crippen molar-refractivity contribution in [2.75, 3.05) is 13.7 Å². The highest BCUT2D eigenvalue weighted by atomic mass is 16.5. The number of nitrogens with one attached hydrogen (secondary N) is 1. The van der Waals surface area contributed by atoms with E-state index >= 15 is 0 Å². The summed E-state index contributed by atoms with van der Waals surface area (Å²) in [6.45, 7) is 5.53. The standard InChI is InChI=1S/C16H23NO5/c1-5-22-16(20)17-14(13(10(2)3)15(18)19)11-6-8-12(21-4)9-7-11/h6-10,13-14H,5H2,1-4H3,(H,17,20)(H,18,19)/t13-,14+/m1/s1. The lowest BCUT2D eigenvalue weighted by molar-refractivity contribution is -0.144. The van der Waals surface area contributed by atoms with E-state index < -0.39 is 24.0 Å².